The number of benzene rings is 1. The van der Waals surface area contributed by atoms with E-state index in [1.807, 2.05) is 0 Å². The first-order valence-corrected chi connectivity index (χ1v) is 7.25. The number of hydrogen-bond donors (Lipinski definition) is 1. The van der Waals surface area contributed by atoms with Crippen LogP contribution < -0.4 is 5.32 Å². The Balaban J connectivity index is 1.59. The van der Waals surface area contributed by atoms with Crippen LogP contribution in [0.25, 0.3) is 11.3 Å². The van der Waals surface area contributed by atoms with E-state index in [-0.39, 0.29) is 17.3 Å². The van der Waals surface area contributed by atoms with Gasteiger partial charge in [-0.2, -0.15) is 0 Å². The minimum Gasteiger partial charge on any atom is -0.450 e. The number of furan rings is 1. The summed E-state index contributed by atoms with van der Waals surface area (Å²) in [7, 11) is 0. The molecule has 0 aliphatic heterocycles. The van der Waals surface area contributed by atoms with Crippen LogP contribution in [0.3, 0.4) is 0 Å². The van der Waals surface area contributed by atoms with Crippen LogP contribution in [0.15, 0.2) is 57.7 Å². The standard InChI is InChI=1S/C16H11N3O7/c20-15(17-14-7-8-25-18-14)9-24-16(21)13-6-5-12(26-13)10-1-3-11(4-2-10)19(22)23/h1-8H,9H2,(H,17,18,20). The maximum absolute atomic E-state index is 11.9. The zero-order valence-electron chi connectivity index (χ0n) is 13.1. The molecule has 0 aliphatic rings. The number of ether oxygens (including phenoxy) is 1. The van der Waals surface area contributed by atoms with Gasteiger partial charge in [-0.05, 0) is 24.3 Å². The van der Waals surface area contributed by atoms with Crippen molar-refractivity contribution in [2.75, 3.05) is 11.9 Å². The van der Waals surface area contributed by atoms with Crippen molar-refractivity contribution >= 4 is 23.4 Å². The monoisotopic (exact) mass is 357 g/mol. The lowest BCUT2D eigenvalue weighted by Crippen LogP contribution is -2.20. The predicted octanol–water partition coefficient (Wildman–Crippen LogP) is 2.64. The van der Waals surface area contributed by atoms with Crippen LogP contribution >= 0.6 is 0 Å². The van der Waals surface area contributed by atoms with Gasteiger partial charge in [-0.25, -0.2) is 4.79 Å². The molecule has 26 heavy (non-hydrogen) atoms. The van der Waals surface area contributed by atoms with Crippen molar-refractivity contribution in [3.8, 4) is 11.3 Å². The Morgan fingerprint density at radius 2 is 1.92 bits per heavy atom. The second-order valence-corrected chi connectivity index (χ2v) is 4.98. The van der Waals surface area contributed by atoms with Gasteiger partial charge in [0.1, 0.15) is 12.0 Å². The lowest BCUT2D eigenvalue weighted by Gasteiger charge is -2.02. The van der Waals surface area contributed by atoms with Gasteiger partial charge in [0, 0.05) is 23.8 Å². The Kier molecular flexibility index (Phi) is 4.74. The van der Waals surface area contributed by atoms with Crippen molar-refractivity contribution in [1.29, 1.82) is 0 Å². The highest BCUT2D eigenvalue weighted by atomic mass is 16.6. The minimum atomic E-state index is -0.825. The van der Waals surface area contributed by atoms with E-state index in [9.17, 15) is 19.7 Å². The highest BCUT2D eigenvalue weighted by Crippen LogP contribution is 2.24. The Labute approximate surface area is 145 Å². The second kappa shape index (κ2) is 7.30. The van der Waals surface area contributed by atoms with E-state index in [0.29, 0.717) is 11.3 Å². The number of aromatic nitrogens is 1. The summed E-state index contributed by atoms with van der Waals surface area (Å²) in [6.07, 6.45) is 1.28. The highest BCUT2D eigenvalue weighted by molar-refractivity contribution is 5.94. The lowest BCUT2D eigenvalue weighted by atomic mass is 10.1. The molecule has 0 radical (unpaired) electrons. The third-order valence-corrected chi connectivity index (χ3v) is 3.21. The van der Waals surface area contributed by atoms with Crippen molar-refractivity contribution in [3.63, 3.8) is 0 Å². The van der Waals surface area contributed by atoms with E-state index in [1.54, 1.807) is 0 Å². The van der Waals surface area contributed by atoms with E-state index in [1.165, 1.54) is 48.7 Å². The molecular formula is C16H11N3O7. The number of anilines is 1. The van der Waals surface area contributed by atoms with Gasteiger partial charge in [-0.15, -0.1) is 0 Å². The Hall–Kier alpha value is -3.95. The molecule has 0 atom stereocenters. The quantitative estimate of drug-likeness (QED) is 0.403. The average molecular weight is 357 g/mol. The third kappa shape index (κ3) is 3.93. The van der Waals surface area contributed by atoms with Gasteiger partial charge in [0.05, 0.1) is 4.92 Å². The highest BCUT2D eigenvalue weighted by Gasteiger charge is 2.16. The summed E-state index contributed by atoms with van der Waals surface area (Å²) in [5.41, 5.74) is 0.497. The van der Waals surface area contributed by atoms with Crippen molar-refractivity contribution in [3.05, 3.63) is 64.6 Å². The van der Waals surface area contributed by atoms with Crippen LogP contribution in [0.4, 0.5) is 11.5 Å². The fraction of sp³-hybridized carbons (Fsp3) is 0.0625. The van der Waals surface area contributed by atoms with E-state index >= 15 is 0 Å². The number of non-ortho nitro benzene ring substituents is 1. The topological polar surface area (TPSA) is 138 Å². The Morgan fingerprint density at radius 3 is 2.58 bits per heavy atom. The summed E-state index contributed by atoms with van der Waals surface area (Å²) in [6, 6.07) is 9.98. The fourth-order valence-electron chi connectivity index (χ4n) is 2.01. The molecule has 132 valence electrons. The van der Waals surface area contributed by atoms with Crippen LogP contribution in [-0.2, 0) is 9.53 Å². The molecule has 2 aromatic heterocycles. The van der Waals surface area contributed by atoms with Gasteiger partial charge in [-0.3, -0.25) is 14.9 Å². The molecule has 0 saturated carbocycles. The van der Waals surface area contributed by atoms with Crippen molar-refractivity contribution in [2.45, 2.75) is 0 Å². The zero-order valence-corrected chi connectivity index (χ0v) is 13.1. The minimum absolute atomic E-state index is 0.0573. The summed E-state index contributed by atoms with van der Waals surface area (Å²) in [6.45, 7) is -0.529. The van der Waals surface area contributed by atoms with Crippen LogP contribution in [0.5, 0.6) is 0 Å². The molecule has 1 N–H and O–H groups in total. The molecule has 1 amide bonds. The SMILES string of the molecule is O=C(COC(=O)c1ccc(-c2ccc([N+](=O)[O-])cc2)o1)Nc1ccon1. The number of carbonyl (C=O) groups is 2. The first-order chi connectivity index (χ1) is 12.5. The Morgan fingerprint density at radius 1 is 1.15 bits per heavy atom. The molecule has 2 heterocycles. The molecular weight excluding hydrogens is 346 g/mol. The largest absolute Gasteiger partial charge is 0.450 e. The average Bonchev–Trinajstić information content (AvgIpc) is 3.31. The maximum atomic E-state index is 11.9. The van der Waals surface area contributed by atoms with E-state index in [2.05, 4.69) is 15.0 Å². The summed E-state index contributed by atoms with van der Waals surface area (Å²) in [5.74, 6) is -0.987. The molecule has 0 spiro atoms. The number of esters is 1. The van der Waals surface area contributed by atoms with Gasteiger partial charge >= 0.3 is 5.97 Å². The molecule has 0 bridgehead atoms. The van der Waals surface area contributed by atoms with Crippen molar-refractivity contribution < 1.29 is 28.2 Å². The molecule has 10 nitrogen and oxygen atoms in total. The summed E-state index contributed by atoms with van der Waals surface area (Å²) in [5, 5.41) is 16.5. The number of rotatable bonds is 6. The number of nitrogens with one attached hydrogen (secondary N) is 1. The molecule has 3 aromatic rings. The molecule has 3 rings (SSSR count). The van der Waals surface area contributed by atoms with Gasteiger partial charge < -0.3 is 19.0 Å². The normalized spacial score (nSPS) is 10.3. The van der Waals surface area contributed by atoms with E-state index in [4.69, 9.17) is 9.15 Å². The van der Waals surface area contributed by atoms with Crippen LogP contribution in [0.2, 0.25) is 0 Å². The number of nitrogens with zero attached hydrogens (tertiary/aromatic N) is 2. The van der Waals surface area contributed by atoms with Gasteiger partial charge in [0.2, 0.25) is 5.76 Å². The summed E-state index contributed by atoms with van der Waals surface area (Å²) < 4.78 is 14.8. The van der Waals surface area contributed by atoms with Crippen LogP contribution in [-0.4, -0.2) is 28.6 Å². The van der Waals surface area contributed by atoms with Crippen molar-refractivity contribution in [1.82, 2.24) is 5.16 Å². The smallest absolute Gasteiger partial charge is 0.374 e. The maximum Gasteiger partial charge on any atom is 0.374 e. The number of hydrogen-bond acceptors (Lipinski definition) is 8. The zero-order chi connectivity index (χ0) is 18.5. The third-order valence-electron chi connectivity index (χ3n) is 3.21. The number of amides is 1. The summed E-state index contributed by atoms with van der Waals surface area (Å²) in [4.78, 5) is 33.7. The first kappa shape index (κ1) is 16.9. The number of carbonyl (C=O) groups excluding carboxylic acids is 2. The van der Waals surface area contributed by atoms with Crippen LogP contribution in [0.1, 0.15) is 10.6 Å². The predicted molar refractivity (Wildman–Crippen MR) is 86.2 cm³/mol. The van der Waals surface area contributed by atoms with E-state index in [0.717, 1.165) is 0 Å². The van der Waals surface area contributed by atoms with Gasteiger partial charge in [0.15, 0.2) is 12.4 Å². The van der Waals surface area contributed by atoms with Crippen LogP contribution in [0, 0.1) is 10.1 Å². The number of nitro groups is 1. The second-order valence-electron chi connectivity index (χ2n) is 4.98. The van der Waals surface area contributed by atoms with E-state index < -0.39 is 23.4 Å². The lowest BCUT2D eigenvalue weighted by molar-refractivity contribution is -0.384. The van der Waals surface area contributed by atoms with Gasteiger partial charge in [-0.1, -0.05) is 5.16 Å². The fourth-order valence-corrected chi connectivity index (χ4v) is 2.01. The molecule has 1 aromatic carbocycles. The summed E-state index contributed by atoms with van der Waals surface area (Å²) >= 11 is 0. The van der Waals surface area contributed by atoms with Gasteiger partial charge in [0.25, 0.3) is 11.6 Å². The molecule has 10 heteroatoms. The number of nitro benzene ring substituents is 1. The first-order valence-electron chi connectivity index (χ1n) is 7.25. The van der Waals surface area contributed by atoms with Crippen molar-refractivity contribution in [2.24, 2.45) is 0 Å². The molecule has 0 fully saturated rings. The molecule has 0 saturated heterocycles. The Bertz CT molecular complexity index is 929. The molecule has 0 aliphatic carbocycles. The molecule has 0 unspecified atom stereocenters.